The zero-order valence-electron chi connectivity index (χ0n) is 11.1. The van der Waals surface area contributed by atoms with E-state index in [-0.39, 0.29) is 0 Å². The fourth-order valence-corrected chi connectivity index (χ4v) is 3.14. The van der Waals surface area contributed by atoms with E-state index in [1.165, 1.54) is 9.13 Å². The maximum Gasteiger partial charge on any atom is 0.115 e. The lowest BCUT2D eigenvalue weighted by molar-refractivity contribution is 0.911. The number of aryl methyl sites for hydroxylation is 2. The molecule has 102 valence electrons. The van der Waals surface area contributed by atoms with Gasteiger partial charge in [-0.3, -0.25) is 4.57 Å². The Morgan fingerprint density at radius 1 is 1.20 bits per heavy atom. The Hall–Kier alpha value is -1.07. The first kappa shape index (κ1) is 13.9. The summed E-state index contributed by atoms with van der Waals surface area (Å²) in [7, 11) is 0. The number of fused-ring (bicyclic) bond motifs is 1. The van der Waals surface area contributed by atoms with Crippen molar-refractivity contribution in [2.45, 2.75) is 13.3 Å². The van der Waals surface area contributed by atoms with Crippen molar-refractivity contribution in [3.63, 3.8) is 0 Å². The largest absolute Gasteiger partial charge is 0.296 e. The summed E-state index contributed by atoms with van der Waals surface area (Å²) >= 11 is 8.27. The summed E-state index contributed by atoms with van der Waals surface area (Å²) < 4.78 is 3.43. The average Bonchev–Trinajstić information content (AvgIpc) is 2.79. The van der Waals surface area contributed by atoms with Crippen molar-refractivity contribution < 1.29 is 0 Å². The molecule has 2 aromatic carbocycles. The molecule has 20 heavy (non-hydrogen) atoms. The number of hydrogen-bond acceptors (Lipinski definition) is 1. The normalized spacial score (nSPS) is 11.2. The molecule has 0 saturated heterocycles. The van der Waals surface area contributed by atoms with Crippen LogP contribution in [-0.4, -0.2) is 15.4 Å². The number of para-hydroxylation sites is 1. The number of aromatic nitrogens is 2. The summed E-state index contributed by atoms with van der Waals surface area (Å²) in [5, 5.41) is 0. The van der Waals surface area contributed by atoms with E-state index in [1.54, 1.807) is 0 Å². The van der Waals surface area contributed by atoms with Crippen LogP contribution in [0.15, 0.2) is 42.5 Å². The Morgan fingerprint density at radius 3 is 2.75 bits per heavy atom. The van der Waals surface area contributed by atoms with Gasteiger partial charge in [-0.15, -0.1) is 11.6 Å². The molecule has 0 N–H and O–H groups in total. The summed E-state index contributed by atoms with van der Waals surface area (Å²) in [6.45, 7) is 2.10. The molecule has 0 aliphatic heterocycles. The van der Waals surface area contributed by atoms with Gasteiger partial charge in [0.25, 0.3) is 0 Å². The van der Waals surface area contributed by atoms with Crippen LogP contribution in [0.4, 0.5) is 0 Å². The second-order valence-electron chi connectivity index (χ2n) is 4.72. The molecular weight excluding hydrogens is 383 g/mol. The minimum absolute atomic E-state index is 0.576. The second kappa shape index (κ2) is 5.74. The molecule has 1 heterocycles. The van der Waals surface area contributed by atoms with Gasteiger partial charge in [0.05, 0.1) is 11.0 Å². The van der Waals surface area contributed by atoms with Crippen LogP contribution in [-0.2, 0) is 6.42 Å². The van der Waals surface area contributed by atoms with E-state index in [4.69, 9.17) is 16.6 Å². The first-order chi connectivity index (χ1) is 9.70. The van der Waals surface area contributed by atoms with Crippen LogP contribution < -0.4 is 0 Å². The number of imidazole rings is 1. The van der Waals surface area contributed by atoms with E-state index in [0.717, 1.165) is 29.0 Å². The summed E-state index contributed by atoms with van der Waals surface area (Å²) in [6, 6.07) is 14.7. The molecule has 0 bridgehead atoms. The van der Waals surface area contributed by atoms with Crippen LogP contribution in [0.25, 0.3) is 16.7 Å². The van der Waals surface area contributed by atoms with Gasteiger partial charge in [-0.1, -0.05) is 18.2 Å². The number of halogens is 2. The van der Waals surface area contributed by atoms with Gasteiger partial charge >= 0.3 is 0 Å². The number of alkyl halides is 1. The summed E-state index contributed by atoms with van der Waals surface area (Å²) in [5.74, 6) is 1.60. The van der Waals surface area contributed by atoms with Crippen LogP contribution in [0.1, 0.15) is 11.4 Å². The lowest BCUT2D eigenvalue weighted by atomic mass is 10.2. The summed E-state index contributed by atoms with van der Waals surface area (Å²) in [6.07, 6.45) is 0.765. The van der Waals surface area contributed by atoms with E-state index in [9.17, 15) is 0 Å². The molecule has 0 saturated carbocycles. The molecular formula is C16H14ClIN2. The lowest BCUT2D eigenvalue weighted by Crippen LogP contribution is -2.02. The first-order valence-electron chi connectivity index (χ1n) is 6.49. The Bertz CT molecular complexity index is 764. The van der Waals surface area contributed by atoms with Crippen molar-refractivity contribution in [1.29, 1.82) is 0 Å². The van der Waals surface area contributed by atoms with Gasteiger partial charge in [-0.25, -0.2) is 4.98 Å². The van der Waals surface area contributed by atoms with Crippen LogP contribution in [0, 0.1) is 10.5 Å². The predicted molar refractivity (Wildman–Crippen MR) is 92.9 cm³/mol. The van der Waals surface area contributed by atoms with Crippen LogP contribution >= 0.6 is 34.2 Å². The molecule has 2 nitrogen and oxygen atoms in total. The second-order valence-corrected chi connectivity index (χ2v) is 6.35. The topological polar surface area (TPSA) is 17.8 Å². The summed E-state index contributed by atoms with van der Waals surface area (Å²) in [4.78, 5) is 4.78. The highest BCUT2D eigenvalue weighted by atomic mass is 127. The maximum atomic E-state index is 5.94. The van der Waals surface area contributed by atoms with E-state index < -0.39 is 0 Å². The summed E-state index contributed by atoms with van der Waals surface area (Å²) in [5.41, 5.74) is 4.55. The monoisotopic (exact) mass is 396 g/mol. The molecule has 3 aromatic rings. The zero-order chi connectivity index (χ0) is 14.1. The Balaban J connectivity index is 2.32. The van der Waals surface area contributed by atoms with E-state index in [0.29, 0.717) is 5.88 Å². The smallest absolute Gasteiger partial charge is 0.115 e. The van der Waals surface area contributed by atoms with Crippen LogP contribution in [0.5, 0.6) is 0 Å². The predicted octanol–water partition coefficient (Wildman–Crippen LogP) is 4.72. The molecule has 0 atom stereocenters. The van der Waals surface area contributed by atoms with Gasteiger partial charge in [0, 0.05) is 21.6 Å². The number of rotatable bonds is 3. The number of nitrogens with zero attached hydrogens (tertiary/aromatic N) is 2. The number of benzene rings is 2. The molecule has 0 radical (unpaired) electrons. The molecule has 0 fully saturated rings. The average molecular weight is 397 g/mol. The third kappa shape index (κ3) is 2.44. The van der Waals surface area contributed by atoms with Gasteiger partial charge in [0.15, 0.2) is 0 Å². The Labute approximate surface area is 136 Å². The molecule has 0 aliphatic carbocycles. The van der Waals surface area contributed by atoms with Crippen molar-refractivity contribution in [2.24, 2.45) is 0 Å². The van der Waals surface area contributed by atoms with Gasteiger partial charge in [-0.2, -0.15) is 0 Å². The molecule has 0 aliphatic rings. The van der Waals surface area contributed by atoms with Crippen molar-refractivity contribution in [3.8, 4) is 5.69 Å². The Kier molecular flexibility index (Phi) is 3.98. The van der Waals surface area contributed by atoms with Crippen LogP contribution in [0.3, 0.4) is 0 Å². The highest BCUT2D eigenvalue weighted by Gasteiger charge is 2.13. The van der Waals surface area contributed by atoms with Gasteiger partial charge in [0.1, 0.15) is 5.82 Å². The SMILES string of the molecule is Cc1cccc2c1nc(CCCl)n2-c1cccc(I)c1. The molecule has 3 rings (SSSR count). The highest BCUT2D eigenvalue weighted by molar-refractivity contribution is 14.1. The van der Waals surface area contributed by atoms with Crippen molar-refractivity contribution >= 4 is 45.2 Å². The fraction of sp³-hybridized carbons (Fsp3) is 0.188. The Morgan fingerprint density at radius 2 is 2.00 bits per heavy atom. The third-order valence-corrected chi connectivity index (χ3v) is 4.20. The number of hydrogen-bond donors (Lipinski definition) is 0. The molecule has 4 heteroatoms. The molecule has 0 unspecified atom stereocenters. The standard InChI is InChI=1S/C16H14ClIN2/c1-11-4-2-7-14-16(11)19-15(8-9-17)20(14)13-6-3-5-12(18)10-13/h2-7,10H,8-9H2,1H3. The lowest BCUT2D eigenvalue weighted by Gasteiger charge is -2.09. The van der Waals surface area contributed by atoms with Gasteiger partial charge in [-0.05, 0) is 59.3 Å². The van der Waals surface area contributed by atoms with Gasteiger partial charge in [0.2, 0.25) is 0 Å². The third-order valence-electron chi connectivity index (χ3n) is 3.34. The fourth-order valence-electron chi connectivity index (χ4n) is 2.44. The molecule has 1 aromatic heterocycles. The zero-order valence-corrected chi connectivity index (χ0v) is 14.0. The van der Waals surface area contributed by atoms with E-state index in [1.807, 2.05) is 0 Å². The van der Waals surface area contributed by atoms with E-state index >= 15 is 0 Å². The highest BCUT2D eigenvalue weighted by Crippen LogP contribution is 2.25. The van der Waals surface area contributed by atoms with Crippen molar-refractivity contribution in [2.75, 3.05) is 5.88 Å². The molecule has 0 spiro atoms. The van der Waals surface area contributed by atoms with E-state index in [2.05, 4.69) is 76.5 Å². The van der Waals surface area contributed by atoms with Crippen molar-refractivity contribution in [1.82, 2.24) is 9.55 Å². The van der Waals surface area contributed by atoms with Gasteiger partial charge < -0.3 is 0 Å². The minimum atomic E-state index is 0.576. The maximum absolute atomic E-state index is 5.94. The van der Waals surface area contributed by atoms with Crippen LogP contribution in [0.2, 0.25) is 0 Å². The minimum Gasteiger partial charge on any atom is -0.296 e. The van der Waals surface area contributed by atoms with Crippen molar-refractivity contribution in [3.05, 3.63) is 57.4 Å². The molecule has 0 amide bonds. The first-order valence-corrected chi connectivity index (χ1v) is 8.11. The quantitative estimate of drug-likeness (QED) is 0.463.